The predicted octanol–water partition coefficient (Wildman–Crippen LogP) is 2.91. The normalized spacial score (nSPS) is 13.0. The first kappa shape index (κ1) is 18.0. The van der Waals surface area contributed by atoms with E-state index >= 15 is 0 Å². The summed E-state index contributed by atoms with van der Waals surface area (Å²) in [5.74, 6) is -0.673. The van der Waals surface area contributed by atoms with E-state index in [4.69, 9.17) is 0 Å². The van der Waals surface area contributed by atoms with E-state index in [9.17, 15) is 18.0 Å². The Hall–Kier alpha value is -1.03. The van der Waals surface area contributed by atoms with Gasteiger partial charge in [-0.2, -0.15) is 13.2 Å². The molecular formula is C11H17F3N4OS2. The average molecular weight is 342 g/mol. The fourth-order valence-electron chi connectivity index (χ4n) is 1.24. The summed E-state index contributed by atoms with van der Waals surface area (Å²) < 4.78 is 36.6. The topological polar surface area (TPSA) is 66.9 Å². The first-order chi connectivity index (χ1) is 9.81. The van der Waals surface area contributed by atoms with Gasteiger partial charge < -0.3 is 10.6 Å². The minimum Gasteiger partial charge on any atom is -0.360 e. The number of carbonyl (C=O) groups excluding carboxylic acids is 1. The molecule has 0 radical (unpaired) electrons. The maximum absolute atomic E-state index is 12.0. The van der Waals surface area contributed by atoms with Crippen molar-refractivity contribution in [2.24, 2.45) is 0 Å². The maximum atomic E-state index is 12.0. The van der Waals surface area contributed by atoms with Gasteiger partial charge in [0.25, 0.3) is 0 Å². The Balaban J connectivity index is 2.40. The molecule has 2 N–H and O–H groups in total. The minimum atomic E-state index is -4.40. The van der Waals surface area contributed by atoms with Crippen LogP contribution < -0.4 is 10.6 Å². The van der Waals surface area contributed by atoms with E-state index in [-0.39, 0.29) is 0 Å². The summed E-state index contributed by atoms with van der Waals surface area (Å²) in [6.07, 6.45) is -2.33. The van der Waals surface area contributed by atoms with Gasteiger partial charge in [0.2, 0.25) is 11.0 Å². The lowest BCUT2D eigenvalue weighted by atomic mass is 10.3. The minimum absolute atomic E-state index is 0.545. The van der Waals surface area contributed by atoms with E-state index in [0.717, 1.165) is 31.1 Å². The second-order valence-corrected chi connectivity index (χ2v) is 6.81. The van der Waals surface area contributed by atoms with Gasteiger partial charge in [-0.1, -0.05) is 36.4 Å². The molecule has 1 aromatic rings. The summed E-state index contributed by atoms with van der Waals surface area (Å²) in [6, 6.07) is 0. The van der Waals surface area contributed by atoms with Crippen LogP contribution in [0.2, 0.25) is 0 Å². The summed E-state index contributed by atoms with van der Waals surface area (Å²) in [7, 11) is 0. The van der Waals surface area contributed by atoms with Crippen LogP contribution in [-0.2, 0) is 4.79 Å². The molecule has 1 heterocycles. The number of halogens is 3. The van der Waals surface area contributed by atoms with Crippen LogP contribution in [0, 0.1) is 0 Å². The van der Waals surface area contributed by atoms with Gasteiger partial charge >= 0.3 is 6.18 Å². The third-order valence-corrected chi connectivity index (χ3v) is 4.39. The van der Waals surface area contributed by atoms with Crippen molar-refractivity contribution in [3.8, 4) is 0 Å². The lowest BCUT2D eigenvalue weighted by molar-refractivity contribution is -0.137. The van der Waals surface area contributed by atoms with Crippen LogP contribution in [0.5, 0.6) is 0 Å². The molecule has 0 spiro atoms. The smallest absolute Gasteiger partial charge is 0.360 e. The molecule has 0 aliphatic carbocycles. The van der Waals surface area contributed by atoms with Crippen molar-refractivity contribution in [1.82, 2.24) is 15.5 Å². The highest BCUT2D eigenvalue weighted by atomic mass is 32.2. The Kier molecular flexibility index (Phi) is 7.23. The fourth-order valence-corrected chi connectivity index (χ4v) is 3.18. The number of thioether (sulfide) groups is 1. The standard InChI is InChI=1S/C11H17F3N4OS2/c1-3-4-5-15-9-17-18-10(21-9)20-7(2)8(19)16-6-11(12,13)14/h7H,3-6H2,1-2H3,(H,15,17)(H,16,19). The number of carbonyl (C=O) groups is 1. The molecule has 0 fully saturated rings. The summed E-state index contributed by atoms with van der Waals surface area (Å²) in [4.78, 5) is 11.5. The Labute approximate surface area is 129 Å². The molecule has 5 nitrogen and oxygen atoms in total. The van der Waals surface area contributed by atoms with Gasteiger partial charge in [0.05, 0.1) is 5.25 Å². The van der Waals surface area contributed by atoms with Crippen LogP contribution >= 0.6 is 23.1 Å². The van der Waals surface area contributed by atoms with Crippen LogP contribution in [0.3, 0.4) is 0 Å². The molecule has 120 valence electrons. The molecule has 0 aliphatic heterocycles. The van der Waals surface area contributed by atoms with Crippen LogP contribution in [0.4, 0.5) is 18.3 Å². The molecule has 0 bridgehead atoms. The molecule has 1 unspecified atom stereocenters. The number of nitrogens with zero attached hydrogens (tertiary/aromatic N) is 2. The number of amides is 1. The Bertz CT molecular complexity index is 453. The molecule has 10 heteroatoms. The zero-order chi connectivity index (χ0) is 15.9. The number of hydrogen-bond donors (Lipinski definition) is 2. The van der Waals surface area contributed by atoms with Crippen molar-refractivity contribution >= 4 is 34.1 Å². The van der Waals surface area contributed by atoms with Crippen molar-refractivity contribution in [2.75, 3.05) is 18.4 Å². The number of hydrogen-bond acceptors (Lipinski definition) is 6. The molecule has 21 heavy (non-hydrogen) atoms. The van der Waals surface area contributed by atoms with Gasteiger partial charge in [-0.05, 0) is 13.3 Å². The highest BCUT2D eigenvalue weighted by molar-refractivity contribution is 8.02. The van der Waals surface area contributed by atoms with Gasteiger partial charge in [-0.15, -0.1) is 10.2 Å². The molecular weight excluding hydrogens is 325 g/mol. The maximum Gasteiger partial charge on any atom is 0.405 e. The van der Waals surface area contributed by atoms with Crippen LogP contribution in [0.1, 0.15) is 26.7 Å². The first-order valence-corrected chi connectivity index (χ1v) is 8.10. The lowest BCUT2D eigenvalue weighted by Gasteiger charge is -2.11. The summed E-state index contributed by atoms with van der Waals surface area (Å²) in [5, 5.41) is 12.7. The molecule has 1 aromatic heterocycles. The van der Waals surface area contributed by atoms with Crippen LogP contribution in [0.25, 0.3) is 0 Å². The zero-order valence-electron chi connectivity index (χ0n) is 11.7. The highest BCUT2D eigenvalue weighted by Gasteiger charge is 2.29. The molecule has 0 saturated heterocycles. The van der Waals surface area contributed by atoms with Gasteiger partial charge in [-0.25, -0.2) is 0 Å². The monoisotopic (exact) mass is 342 g/mol. The fraction of sp³-hybridized carbons (Fsp3) is 0.727. The van der Waals surface area contributed by atoms with E-state index in [1.165, 1.54) is 18.3 Å². The van der Waals surface area contributed by atoms with Crippen molar-refractivity contribution in [2.45, 2.75) is 42.5 Å². The third-order valence-electron chi connectivity index (χ3n) is 2.32. The van der Waals surface area contributed by atoms with Crippen LogP contribution in [-0.4, -0.2) is 40.6 Å². The van der Waals surface area contributed by atoms with E-state index < -0.39 is 23.9 Å². The van der Waals surface area contributed by atoms with Gasteiger partial charge in [0, 0.05) is 6.54 Å². The second-order valence-electron chi connectivity index (χ2n) is 4.25. The summed E-state index contributed by atoms with van der Waals surface area (Å²) in [5.41, 5.74) is 0. The average Bonchev–Trinajstić information content (AvgIpc) is 2.83. The molecule has 1 atom stereocenters. The molecule has 0 aromatic carbocycles. The summed E-state index contributed by atoms with van der Waals surface area (Å²) in [6.45, 7) is 3.07. The first-order valence-electron chi connectivity index (χ1n) is 6.40. The van der Waals surface area contributed by atoms with E-state index in [1.807, 2.05) is 5.32 Å². The number of alkyl halides is 3. The van der Waals surface area contributed by atoms with Gasteiger partial charge in [0.1, 0.15) is 6.54 Å². The Morgan fingerprint density at radius 1 is 1.43 bits per heavy atom. The van der Waals surface area contributed by atoms with Crippen LogP contribution in [0.15, 0.2) is 4.34 Å². The number of rotatable bonds is 8. The van der Waals surface area contributed by atoms with Gasteiger partial charge in [0.15, 0.2) is 4.34 Å². The number of anilines is 1. The molecule has 0 saturated carbocycles. The highest BCUT2D eigenvalue weighted by Crippen LogP contribution is 2.29. The van der Waals surface area contributed by atoms with Crippen molar-refractivity contribution in [1.29, 1.82) is 0 Å². The molecule has 0 aliphatic rings. The van der Waals surface area contributed by atoms with Gasteiger partial charge in [-0.3, -0.25) is 4.79 Å². The molecule has 1 amide bonds. The quantitative estimate of drug-likeness (QED) is 0.562. The van der Waals surface area contributed by atoms with E-state index in [1.54, 1.807) is 0 Å². The molecule has 1 rings (SSSR count). The second kappa shape index (κ2) is 8.42. The van der Waals surface area contributed by atoms with E-state index in [0.29, 0.717) is 9.47 Å². The van der Waals surface area contributed by atoms with Crippen molar-refractivity contribution < 1.29 is 18.0 Å². The van der Waals surface area contributed by atoms with E-state index in [2.05, 4.69) is 22.4 Å². The predicted molar refractivity (Wildman–Crippen MR) is 77.7 cm³/mol. The third kappa shape index (κ3) is 7.51. The zero-order valence-corrected chi connectivity index (χ0v) is 13.3. The largest absolute Gasteiger partial charge is 0.405 e. The van der Waals surface area contributed by atoms with Crippen molar-refractivity contribution in [3.05, 3.63) is 0 Å². The number of aromatic nitrogens is 2. The van der Waals surface area contributed by atoms with Crippen molar-refractivity contribution in [3.63, 3.8) is 0 Å². The Morgan fingerprint density at radius 2 is 2.14 bits per heavy atom. The Morgan fingerprint density at radius 3 is 2.76 bits per heavy atom. The summed E-state index contributed by atoms with van der Waals surface area (Å²) >= 11 is 2.37. The number of unbranched alkanes of at least 4 members (excludes halogenated alkanes) is 1. The SMILES string of the molecule is CCCCNc1nnc(SC(C)C(=O)NCC(F)(F)F)s1. The number of nitrogens with one attached hydrogen (secondary N) is 2. The lowest BCUT2D eigenvalue weighted by Crippen LogP contribution is -2.37.